The summed E-state index contributed by atoms with van der Waals surface area (Å²) in [6.07, 6.45) is 0. The summed E-state index contributed by atoms with van der Waals surface area (Å²) in [5, 5.41) is 34.4. The summed E-state index contributed by atoms with van der Waals surface area (Å²) in [5.74, 6) is -2.51. The first-order valence-corrected chi connectivity index (χ1v) is 6.54. The fourth-order valence-corrected chi connectivity index (χ4v) is 2.65. The minimum absolute atomic E-state index is 0.184. The lowest BCUT2D eigenvalue weighted by Crippen LogP contribution is -2.30. The van der Waals surface area contributed by atoms with Gasteiger partial charge in [0.1, 0.15) is 5.92 Å². The molecule has 0 unspecified atom stereocenters. The van der Waals surface area contributed by atoms with Crippen molar-refractivity contribution < 1.29 is 19.7 Å². The Morgan fingerprint density at radius 2 is 1.83 bits per heavy atom. The third-order valence-corrected chi connectivity index (χ3v) is 3.57. The number of carboxylic acid groups (broad SMARTS) is 1. The Bertz CT molecular complexity index is 744. The van der Waals surface area contributed by atoms with E-state index in [4.69, 9.17) is 0 Å². The molecule has 0 saturated heterocycles. The van der Waals surface area contributed by atoms with Crippen LogP contribution >= 0.6 is 0 Å². The minimum Gasteiger partial charge on any atom is -0.478 e. The SMILES string of the molecule is CC1=C(C(=O)O)[C@H](c2cccc([N+](=O)[O-])c2)C([N+](=O)[O-])=C(C)N1. The minimum atomic E-state index is -1.32. The van der Waals surface area contributed by atoms with Crippen molar-refractivity contribution in [2.45, 2.75) is 19.8 Å². The molecule has 1 atom stereocenters. The lowest BCUT2D eigenvalue weighted by atomic mass is 9.84. The van der Waals surface area contributed by atoms with Crippen molar-refractivity contribution in [3.63, 3.8) is 0 Å². The molecule has 0 amide bonds. The molecule has 2 rings (SSSR count). The number of carbonyl (C=O) groups is 1. The van der Waals surface area contributed by atoms with Crippen LogP contribution in [0, 0.1) is 20.2 Å². The molecule has 0 aliphatic carbocycles. The molecule has 0 aromatic heterocycles. The molecular weight excluding hydrogens is 306 g/mol. The smallest absolute Gasteiger partial charge is 0.334 e. The molecule has 9 nitrogen and oxygen atoms in total. The lowest BCUT2D eigenvalue weighted by Gasteiger charge is -2.25. The number of non-ortho nitro benzene ring substituents is 1. The van der Waals surface area contributed by atoms with E-state index in [1.165, 1.54) is 32.0 Å². The highest BCUT2D eigenvalue weighted by atomic mass is 16.6. The summed E-state index contributed by atoms with van der Waals surface area (Å²) in [7, 11) is 0. The van der Waals surface area contributed by atoms with Gasteiger partial charge in [0.2, 0.25) is 0 Å². The molecule has 2 N–H and O–H groups in total. The summed E-state index contributed by atoms with van der Waals surface area (Å²) in [6.45, 7) is 2.96. The van der Waals surface area contributed by atoms with Gasteiger partial charge < -0.3 is 10.4 Å². The van der Waals surface area contributed by atoms with E-state index in [2.05, 4.69) is 5.32 Å². The third kappa shape index (κ3) is 2.89. The molecule has 1 aromatic rings. The fraction of sp³-hybridized carbons (Fsp3) is 0.214. The van der Waals surface area contributed by atoms with Gasteiger partial charge in [0.05, 0.1) is 21.1 Å². The Balaban J connectivity index is 2.72. The molecule has 23 heavy (non-hydrogen) atoms. The van der Waals surface area contributed by atoms with Crippen molar-refractivity contribution in [1.82, 2.24) is 5.32 Å². The summed E-state index contributed by atoms with van der Waals surface area (Å²) in [4.78, 5) is 32.6. The van der Waals surface area contributed by atoms with E-state index in [-0.39, 0.29) is 33.9 Å². The number of hydrogen-bond acceptors (Lipinski definition) is 6. The number of dihydropyridines is 1. The zero-order chi connectivity index (χ0) is 17.3. The van der Waals surface area contributed by atoms with E-state index < -0.39 is 21.7 Å². The second kappa shape index (κ2) is 5.87. The van der Waals surface area contributed by atoms with Crippen LogP contribution in [0.25, 0.3) is 0 Å². The molecule has 1 aliphatic heterocycles. The molecule has 0 bridgehead atoms. The monoisotopic (exact) mass is 319 g/mol. The first kappa shape index (κ1) is 16.1. The van der Waals surface area contributed by atoms with Gasteiger partial charge in [-0.2, -0.15) is 0 Å². The van der Waals surface area contributed by atoms with Crippen LogP contribution in [0.4, 0.5) is 5.69 Å². The highest BCUT2D eigenvalue weighted by molar-refractivity contribution is 5.90. The highest BCUT2D eigenvalue weighted by Crippen LogP contribution is 2.39. The van der Waals surface area contributed by atoms with E-state index in [1.54, 1.807) is 0 Å². The summed E-state index contributed by atoms with van der Waals surface area (Å²) in [5.41, 5.74) is -0.158. The van der Waals surface area contributed by atoms with Crippen molar-refractivity contribution in [2.24, 2.45) is 0 Å². The lowest BCUT2D eigenvalue weighted by molar-refractivity contribution is -0.431. The summed E-state index contributed by atoms with van der Waals surface area (Å²) in [6, 6.07) is 5.21. The number of carboxylic acids is 1. The van der Waals surface area contributed by atoms with Gasteiger partial charge in [-0.15, -0.1) is 0 Å². The van der Waals surface area contributed by atoms with Gasteiger partial charge in [-0.25, -0.2) is 4.79 Å². The number of hydrogen-bond donors (Lipinski definition) is 2. The fourth-order valence-electron chi connectivity index (χ4n) is 2.65. The van der Waals surface area contributed by atoms with Crippen molar-refractivity contribution in [3.8, 4) is 0 Å². The second-order valence-corrected chi connectivity index (χ2v) is 5.02. The number of nitrogens with zero attached hydrogens (tertiary/aromatic N) is 2. The molecule has 0 fully saturated rings. The van der Waals surface area contributed by atoms with Gasteiger partial charge in [0.15, 0.2) is 0 Å². The second-order valence-electron chi connectivity index (χ2n) is 5.02. The van der Waals surface area contributed by atoms with Gasteiger partial charge in [-0.3, -0.25) is 20.2 Å². The Morgan fingerprint density at radius 3 is 2.35 bits per heavy atom. The number of nitro benzene ring substituents is 1. The zero-order valence-electron chi connectivity index (χ0n) is 12.3. The predicted octanol–water partition coefficient (Wildman–Crippen LogP) is 2.15. The van der Waals surface area contributed by atoms with Crippen LogP contribution in [-0.2, 0) is 4.79 Å². The Kier molecular flexibility index (Phi) is 4.12. The van der Waals surface area contributed by atoms with E-state index in [9.17, 15) is 30.1 Å². The van der Waals surface area contributed by atoms with Crippen LogP contribution in [-0.4, -0.2) is 20.9 Å². The molecular formula is C14H13N3O6. The standard InChI is InChI=1S/C14H13N3O6/c1-7-11(14(18)19)12(13(17(22)23)8(2)15-7)9-4-3-5-10(6-9)16(20)21/h3-6,12,15H,1-2H3,(H,18,19)/t12-/m0/s1. The van der Waals surface area contributed by atoms with Gasteiger partial charge in [-0.05, 0) is 19.4 Å². The van der Waals surface area contributed by atoms with E-state index >= 15 is 0 Å². The van der Waals surface area contributed by atoms with Gasteiger partial charge in [-0.1, -0.05) is 12.1 Å². The Labute approximate surface area is 130 Å². The first-order valence-electron chi connectivity index (χ1n) is 6.54. The number of benzene rings is 1. The maximum Gasteiger partial charge on any atom is 0.334 e. The van der Waals surface area contributed by atoms with Gasteiger partial charge in [0.25, 0.3) is 11.4 Å². The normalized spacial score (nSPS) is 17.7. The number of nitro groups is 2. The molecule has 0 radical (unpaired) electrons. The largest absolute Gasteiger partial charge is 0.478 e. The van der Waals surface area contributed by atoms with Crippen molar-refractivity contribution in [2.75, 3.05) is 0 Å². The molecule has 1 aromatic carbocycles. The average molecular weight is 319 g/mol. The van der Waals surface area contributed by atoms with Crippen molar-refractivity contribution in [3.05, 3.63) is 72.7 Å². The molecule has 120 valence electrons. The summed E-state index contributed by atoms with van der Waals surface area (Å²) < 4.78 is 0. The van der Waals surface area contributed by atoms with Crippen LogP contribution in [0.5, 0.6) is 0 Å². The van der Waals surface area contributed by atoms with Gasteiger partial charge in [0, 0.05) is 17.8 Å². The van der Waals surface area contributed by atoms with E-state index in [0.29, 0.717) is 0 Å². The highest BCUT2D eigenvalue weighted by Gasteiger charge is 2.40. The van der Waals surface area contributed by atoms with E-state index in [0.717, 1.165) is 6.07 Å². The van der Waals surface area contributed by atoms with Crippen LogP contribution in [0.15, 0.2) is 46.9 Å². The molecule has 0 saturated carbocycles. The van der Waals surface area contributed by atoms with Gasteiger partial charge >= 0.3 is 5.97 Å². The molecule has 0 spiro atoms. The maximum atomic E-state index is 11.6. The quantitative estimate of drug-likeness (QED) is 0.641. The predicted molar refractivity (Wildman–Crippen MR) is 79.0 cm³/mol. The number of nitrogens with one attached hydrogen (secondary N) is 1. The number of rotatable bonds is 4. The van der Waals surface area contributed by atoms with Crippen LogP contribution in [0.3, 0.4) is 0 Å². The third-order valence-electron chi connectivity index (χ3n) is 3.57. The van der Waals surface area contributed by atoms with E-state index in [1.807, 2.05) is 0 Å². The van der Waals surface area contributed by atoms with Crippen LogP contribution < -0.4 is 5.32 Å². The van der Waals surface area contributed by atoms with Crippen LogP contribution in [0.2, 0.25) is 0 Å². The van der Waals surface area contributed by atoms with Crippen LogP contribution in [0.1, 0.15) is 25.3 Å². The first-order chi connectivity index (χ1) is 10.7. The Morgan fingerprint density at radius 1 is 1.17 bits per heavy atom. The molecule has 1 aliphatic rings. The Hall–Kier alpha value is -3.23. The molecule has 9 heteroatoms. The number of aliphatic carboxylic acids is 1. The number of allylic oxidation sites excluding steroid dienone is 3. The topological polar surface area (TPSA) is 136 Å². The molecule has 1 heterocycles. The maximum absolute atomic E-state index is 11.6. The summed E-state index contributed by atoms with van der Waals surface area (Å²) >= 11 is 0. The van der Waals surface area contributed by atoms with Crippen molar-refractivity contribution in [1.29, 1.82) is 0 Å². The zero-order valence-corrected chi connectivity index (χ0v) is 12.3. The average Bonchev–Trinajstić information content (AvgIpc) is 2.45. The van der Waals surface area contributed by atoms with Crippen molar-refractivity contribution >= 4 is 11.7 Å².